The van der Waals surface area contributed by atoms with Gasteiger partial charge in [0.15, 0.2) is 0 Å². The standard InChI is InChI=1S/C12H21NO/c1-10(11-4-6-13-7-5-11)12-3-2-8-14-9-12/h9-11,13H,2-8H2,1H3. The van der Waals surface area contributed by atoms with E-state index in [4.69, 9.17) is 4.74 Å². The molecule has 1 N–H and O–H groups in total. The van der Waals surface area contributed by atoms with Crippen molar-refractivity contribution in [1.82, 2.24) is 5.32 Å². The van der Waals surface area contributed by atoms with E-state index in [0.717, 1.165) is 18.4 Å². The van der Waals surface area contributed by atoms with E-state index in [1.807, 2.05) is 6.26 Å². The maximum absolute atomic E-state index is 5.42. The number of rotatable bonds is 2. The molecule has 0 aliphatic carbocycles. The highest BCUT2D eigenvalue weighted by Crippen LogP contribution is 2.31. The molecule has 2 heterocycles. The Morgan fingerprint density at radius 3 is 2.86 bits per heavy atom. The van der Waals surface area contributed by atoms with Gasteiger partial charge in [-0.1, -0.05) is 6.92 Å². The molecule has 0 aromatic heterocycles. The molecular weight excluding hydrogens is 174 g/mol. The summed E-state index contributed by atoms with van der Waals surface area (Å²) in [5, 5.41) is 3.42. The van der Waals surface area contributed by atoms with Gasteiger partial charge in [-0.25, -0.2) is 0 Å². The number of hydrogen-bond donors (Lipinski definition) is 1. The van der Waals surface area contributed by atoms with Crippen molar-refractivity contribution in [3.8, 4) is 0 Å². The molecule has 2 aliphatic rings. The van der Waals surface area contributed by atoms with Crippen LogP contribution in [0.4, 0.5) is 0 Å². The Bertz CT molecular complexity index is 206. The van der Waals surface area contributed by atoms with Gasteiger partial charge in [-0.05, 0) is 56.2 Å². The van der Waals surface area contributed by atoms with Crippen LogP contribution in [-0.4, -0.2) is 19.7 Å². The molecule has 2 aliphatic heterocycles. The molecular formula is C12H21NO. The lowest BCUT2D eigenvalue weighted by Gasteiger charge is -2.31. The molecule has 0 saturated carbocycles. The Kier molecular flexibility index (Phi) is 3.46. The molecule has 0 bridgehead atoms. The Hall–Kier alpha value is -0.500. The minimum Gasteiger partial charge on any atom is -0.501 e. The van der Waals surface area contributed by atoms with E-state index in [2.05, 4.69) is 12.2 Å². The van der Waals surface area contributed by atoms with E-state index >= 15 is 0 Å². The Morgan fingerprint density at radius 1 is 1.43 bits per heavy atom. The van der Waals surface area contributed by atoms with Crippen LogP contribution >= 0.6 is 0 Å². The second-order valence-electron chi connectivity index (χ2n) is 4.54. The first-order chi connectivity index (χ1) is 6.88. The van der Waals surface area contributed by atoms with Crippen molar-refractivity contribution in [1.29, 1.82) is 0 Å². The molecule has 0 spiro atoms. The third-order valence-electron chi connectivity index (χ3n) is 3.64. The summed E-state index contributed by atoms with van der Waals surface area (Å²) in [6.45, 7) is 5.69. The molecule has 1 unspecified atom stereocenters. The van der Waals surface area contributed by atoms with Crippen molar-refractivity contribution in [2.45, 2.75) is 32.6 Å². The Labute approximate surface area is 86.7 Å². The first-order valence-corrected chi connectivity index (χ1v) is 5.89. The predicted molar refractivity (Wildman–Crippen MR) is 58.0 cm³/mol. The predicted octanol–water partition coefficient (Wildman–Crippen LogP) is 2.32. The monoisotopic (exact) mass is 195 g/mol. The minimum absolute atomic E-state index is 0.734. The maximum atomic E-state index is 5.42. The molecule has 1 fully saturated rings. The number of allylic oxidation sites excluding steroid dienone is 1. The highest BCUT2D eigenvalue weighted by Gasteiger charge is 2.23. The van der Waals surface area contributed by atoms with Gasteiger partial charge in [-0.3, -0.25) is 0 Å². The average Bonchev–Trinajstić information content (AvgIpc) is 2.30. The van der Waals surface area contributed by atoms with E-state index in [1.165, 1.54) is 38.8 Å². The molecule has 80 valence electrons. The third kappa shape index (κ3) is 2.30. The lowest BCUT2D eigenvalue weighted by molar-refractivity contribution is 0.206. The molecule has 14 heavy (non-hydrogen) atoms. The molecule has 0 aromatic carbocycles. The molecule has 1 atom stereocenters. The molecule has 0 radical (unpaired) electrons. The van der Waals surface area contributed by atoms with Crippen molar-refractivity contribution in [3.63, 3.8) is 0 Å². The lowest BCUT2D eigenvalue weighted by atomic mass is 9.80. The van der Waals surface area contributed by atoms with Gasteiger partial charge in [0.25, 0.3) is 0 Å². The van der Waals surface area contributed by atoms with E-state index in [9.17, 15) is 0 Å². The van der Waals surface area contributed by atoms with Crippen LogP contribution in [0.2, 0.25) is 0 Å². The van der Waals surface area contributed by atoms with Gasteiger partial charge in [-0.2, -0.15) is 0 Å². The first kappa shape index (κ1) is 10.0. The fraction of sp³-hybridized carbons (Fsp3) is 0.833. The zero-order chi connectivity index (χ0) is 9.80. The summed E-state index contributed by atoms with van der Waals surface area (Å²) in [6.07, 6.45) is 7.15. The van der Waals surface area contributed by atoms with E-state index in [-0.39, 0.29) is 0 Å². The summed E-state index contributed by atoms with van der Waals surface area (Å²) in [4.78, 5) is 0. The van der Waals surface area contributed by atoms with Crippen molar-refractivity contribution < 1.29 is 4.74 Å². The molecule has 0 aromatic rings. The fourth-order valence-electron chi connectivity index (χ4n) is 2.57. The summed E-state index contributed by atoms with van der Waals surface area (Å²) >= 11 is 0. The summed E-state index contributed by atoms with van der Waals surface area (Å²) in [5.41, 5.74) is 1.54. The van der Waals surface area contributed by atoms with Crippen LogP contribution in [-0.2, 0) is 4.74 Å². The van der Waals surface area contributed by atoms with E-state index < -0.39 is 0 Å². The maximum Gasteiger partial charge on any atom is 0.0876 e. The van der Waals surface area contributed by atoms with Crippen molar-refractivity contribution in [3.05, 3.63) is 11.8 Å². The smallest absolute Gasteiger partial charge is 0.0876 e. The van der Waals surface area contributed by atoms with Crippen LogP contribution in [0.1, 0.15) is 32.6 Å². The van der Waals surface area contributed by atoms with E-state index in [0.29, 0.717) is 0 Å². The first-order valence-electron chi connectivity index (χ1n) is 5.89. The highest BCUT2D eigenvalue weighted by molar-refractivity contribution is 5.06. The van der Waals surface area contributed by atoms with Gasteiger partial charge < -0.3 is 10.1 Å². The summed E-state index contributed by atoms with van der Waals surface area (Å²) in [6, 6.07) is 0. The molecule has 1 saturated heterocycles. The van der Waals surface area contributed by atoms with Crippen LogP contribution in [0.5, 0.6) is 0 Å². The van der Waals surface area contributed by atoms with Crippen LogP contribution < -0.4 is 5.32 Å². The second-order valence-corrected chi connectivity index (χ2v) is 4.54. The minimum atomic E-state index is 0.734. The van der Waals surface area contributed by atoms with E-state index in [1.54, 1.807) is 5.57 Å². The SMILES string of the molecule is CC(C1=COCCC1)C1CCNCC1. The molecule has 0 amide bonds. The van der Waals surface area contributed by atoms with Gasteiger partial charge in [0, 0.05) is 0 Å². The largest absolute Gasteiger partial charge is 0.501 e. The second kappa shape index (κ2) is 4.83. The van der Waals surface area contributed by atoms with Gasteiger partial charge >= 0.3 is 0 Å². The summed E-state index contributed by atoms with van der Waals surface area (Å²) < 4.78 is 5.42. The van der Waals surface area contributed by atoms with Crippen LogP contribution in [0.3, 0.4) is 0 Å². The van der Waals surface area contributed by atoms with Crippen LogP contribution in [0.15, 0.2) is 11.8 Å². The van der Waals surface area contributed by atoms with Crippen LogP contribution in [0.25, 0.3) is 0 Å². The summed E-state index contributed by atoms with van der Waals surface area (Å²) in [5.74, 6) is 1.61. The normalized spacial score (nSPS) is 26.5. The Morgan fingerprint density at radius 2 is 2.21 bits per heavy atom. The molecule has 2 heteroatoms. The van der Waals surface area contributed by atoms with Crippen LogP contribution in [0, 0.1) is 11.8 Å². The zero-order valence-electron chi connectivity index (χ0n) is 9.09. The fourth-order valence-corrected chi connectivity index (χ4v) is 2.57. The topological polar surface area (TPSA) is 21.3 Å². The average molecular weight is 195 g/mol. The van der Waals surface area contributed by atoms with Gasteiger partial charge in [0.2, 0.25) is 0 Å². The zero-order valence-corrected chi connectivity index (χ0v) is 9.09. The number of hydrogen-bond acceptors (Lipinski definition) is 2. The quantitative estimate of drug-likeness (QED) is 0.730. The number of nitrogens with one attached hydrogen (secondary N) is 1. The van der Waals surface area contributed by atoms with Gasteiger partial charge in [0.1, 0.15) is 0 Å². The Balaban J connectivity index is 1.91. The van der Waals surface area contributed by atoms with Gasteiger partial charge in [-0.15, -0.1) is 0 Å². The third-order valence-corrected chi connectivity index (χ3v) is 3.64. The van der Waals surface area contributed by atoms with Crippen molar-refractivity contribution in [2.75, 3.05) is 19.7 Å². The van der Waals surface area contributed by atoms with Crippen molar-refractivity contribution in [2.24, 2.45) is 11.8 Å². The highest BCUT2D eigenvalue weighted by atomic mass is 16.5. The number of piperidine rings is 1. The van der Waals surface area contributed by atoms with Crippen molar-refractivity contribution >= 4 is 0 Å². The lowest BCUT2D eigenvalue weighted by Crippen LogP contribution is -2.31. The molecule has 2 nitrogen and oxygen atoms in total. The number of ether oxygens (including phenoxy) is 1. The molecule has 2 rings (SSSR count). The van der Waals surface area contributed by atoms with Gasteiger partial charge in [0.05, 0.1) is 12.9 Å². The summed E-state index contributed by atoms with van der Waals surface area (Å²) in [7, 11) is 0.